The minimum atomic E-state index is -0.206. The normalized spacial score (nSPS) is 20.6. The Morgan fingerprint density at radius 3 is 2.97 bits per heavy atom. The Labute approximate surface area is 179 Å². The van der Waals surface area contributed by atoms with E-state index in [2.05, 4.69) is 32.3 Å². The van der Waals surface area contributed by atoms with Crippen LogP contribution in [-0.4, -0.2) is 64.1 Å². The summed E-state index contributed by atoms with van der Waals surface area (Å²) < 4.78 is 7.56. The molecule has 2 fully saturated rings. The largest absolute Gasteiger partial charge is 0.378 e. The van der Waals surface area contributed by atoms with E-state index in [-0.39, 0.29) is 11.9 Å². The van der Waals surface area contributed by atoms with Gasteiger partial charge in [0.2, 0.25) is 5.91 Å². The van der Waals surface area contributed by atoms with E-state index in [0.717, 1.165) is 59.5 Å². The van der Waals surface area contributed by atoms with Crippen LogP contribution in [0.4, 0.5) is 10.9 Å². The third-order valence-electron chi connectivity index (χ3n) is 5.83. The quantitative estimate of drug-likeness (QED) is 0.667. The number of aromatic nitrogens is 3. The molecule has 5 heterocycles. The van der Waals surface area contributed by atoms with Crippen LogP contribution in [0.2, 0.25) is 0 Å². The van der Waals surface area contributed by atoms with Crippen molar-refractivity contribution in [2.24, 2.45) is 0 Å². The van der Waals surface area contributed by atoms with Crippen molar-refractivity contribution >= 4 is 33.7 Å². The Morgan fingerprint density at radius 1 is 1.37 bits per heavy atom. The number of ether oxygens (including phenoxy) is 1. The lowest BCUT2D eigenvalue weighted by Gasteiger charge is -2.35. The smallest absolute Gasteiger partial charge is 0.242 e. The number of nitrogens with zero attached hydrogens (tertiary/aromatic N) is 4. The molecule has 0 aromatic carbocycles. The molecule has 2 aliphatic rings. The van der Waals surface area contributed by atoms with Crippen molar-refractivity contribution in [3.63, 3.8) is 0 Å². The maximum absolute atomic E-state index is 12.7. The maximum atomic E-state index is 12.7. The van der Waals surface area contributed by atoms with Gasteiger partial charge in [0.1, 0.15) is 6.04 Å². The van der Waals surface area contributed by atoms with Crippen molar-refractivity contribution in [2.45, 2.75) is 31.7 Å². The predicted octanol–water partition coefficient (Wildman–Crippen LogP) is 2.54. The second-order valence-corrected chi connectivity index (χ2v) is 9.13. The molecule has 9 heteroatoms. The summed E-state index contributed by atoms with van der Waals surface area (Å²) in [5, 5.41) is 7.51. The van der Waals surface area contributed by atoms with Gasteiger partial charge in [0.25, 0.3) is 0 Å². The lowest BCUT2D eigenvalue weighted by molar-refractivity contribution is -0.137. The average molecular weight is 427 g/mol. The predicted molar refractivity (Wildman–Crippen MR) is 116 cm³/mol. The van der Waals surface area contributed by atoms with Crippen LogP contribution in [0.3, 0.4) is 0 Å². The van der Waals surface area contributed by atoms with Crippen LogP contribution in [0.5, 0.6) is 0 Å². The first-order valence-corrected chi connectivity index (χ1v) is 11.3. The second kappa shape index (κ2) is 8.33. The number of anilines is 2. The third kappa shape index (κ3) is 3.92. The molecule has 0 saturated carbocycles. The fourth-order valence-electron chi connectivity index (χ4n) is 4.21. The summed E-state index contributed by atoms with van der Waals surface area (Å²) in [5.74, 6) is 1.31. The number of hydrogen-bond donors (Lipinski definition) is 2. The Morgan fingerprint density at radius 2 is 2.23 bits per heavy atom. The SMILES string of the molecule is Cc1cnc(Nc2nc(C3CCN(C(=O)[C@H]4COCCN4)CC3)cn3cccc23)s1. The van der Waals surface area contributed by atoms with Crippen molar-refractivity contribution < 1.29 is 9.53 Å². The summed E-state index contributed by atoms with van der Waals surface area (Å²) >= 11 is 1.62. The van der Waals surface area contributed by atoms with E-state index < -0.39 is 0 Å². The summed E-state index contributed by atoms with van der Waals surface area (Å²) in [5.41, 5.74) is 2.09. The van der Waals surface area contributed by atoms with Crippen molar-refractivity contribution in [3.8, 4) is 0 Å². The number of morpholine rings is 1. The highest BCUT2D eigenvalue weighted by atomic mass is 32.1. The number of piperidine rings is 1. The van der Waals surface area contributed by atoms with Crippen LogP contribution >= 0.6 is 11.3 Å². The number of aryl methyl sites for hydroxylation is 1. The Kier molecular flexibility index (Phi) is 5.41. The second-order valence-electron chi connectivity index (χ2n) is 7.90. The van der Waals surface area contributed by atoms with Crippen molar-refractivity contribution in [1.82, 2.24) is 24.6 Å². The Hall–Kier alpha value is -2.49. The Balaban J connectivity index is 1.31. The van der Waals surface area contributed by atoms with Crippen LogP contribution in [-0.2, 0) is 9.53 Å². The van der Waals surface area contributed by atoms with Gasteiger partial charge in [-0.3, -0.25) is 4.79 Å². The fourth-order valence-corrected chi connectivity index (χ4v) is 4.87. The lowest BCUT2D eigenvalue weighted by Crippen LogP contribution is -2.54. The molecule has 0 bridgehead atoms. The monoisotopic (exact) mass is 426 g/mol. The van der Waals surface area contributed by atoms with Gasteiger partial charge >= 0.3 is 0 Å². The topological polar surface area (TPSA) is 83.8 Å². The Bertz CT molecular complexity index is 1030. The molecule has 158 valence electrons. The van der Waals surface area contributed by atoms with Crippen molar-refractivity contribution in [3.05, 3.63) is 41.3 Å². The van der Waals surface area contributed by atoms with Crippen molar-refractivity contribution in [2.75, 3.05) is 38.2 Å². The number of thiazole rings is 1. The number of rotatable bonds is 4. The molecule has 3 aromatic heterocycles. The highest BCUT2D eigenvalue weighted by molar-refractivity contribution is 7.15. The van der Waals surface area contributed by atoms with Gasteiger partial charge in [-0.25, -0.2) is 9.97 Å². The van der Waals surface area contributed by atoms with Gasteiger partial charge in [-0.05, 0) is 31.9 Å². The molecule has 2 saturated heterocycles. The molecule has 3 aromatic rings. The van der Waals surface area contributed by atoms with Gasteiger partial charge in [0, 0.05) is 49.0 Å². The van der Waals surface area contributed by atoms with Crippen molar-refractivity contribution in [1.29, 1.82) is 0 Å². The highest BCUT2D eigenvalue weighted by Crippen LogP contribution is 2.31. The van der Waals surface area contributed by atoms with Crippen LogP contribution in [0.25, 0.3) is 5.52 Å². The summed E-state index contributed by atoms with van der Waals surface area (Å²) in [6, 6.07) is 3.88. The zero-order valence-corrected chi connectivity index (χ0v) is 17.8. The van der Waals surface area contributed by atoms with Gasteiger partial charge in [0.15, 0.2) is 10.9 Å². The summed E-state index contributed by atoms with van der Waals surface area (Å²) in [7, 11) is 0. The first kappa shape index (κ1) is 19.5. The average Bonchev–Trinajstić information content (AvgIpc) is 3.43. The standard InChI is InChI=1S/C21H26N6O2S/c1-14-11-23-21(30-14)25-19-18-3-2-7-27(18)12-16(24-19)15-4-8-26(9-5-15)20(28)17-13-29-10-6-22-17/h2-3,7,11-12,15,17,22H,4-6,8-10,13H2,1H3,(H,23,24,25)/t17-/m1/s1. The van der Waals surface area contributed by atoms with E-state index in [0.29, 0.717) is 19.1 Å². The lowest BCUT2D eigenvalue weighted by atomic mass is 9.93. The van der Waals surface area contributed by atoms with Crippen LogP contribution in [0, 0.1) is 6.92 Å². The van der Waals surface area contributed by atoms with Gasteiger partial charge in [-0.15, -0.1) is 11.3 Å². The molecule has 1 atom stereocenters. The summed E-state index contributed by atoms with van der Waals surface area (Å²) in [6.07, 6.45) is 7.85. The van der Waals surface area contributed by atoms with Crippen LogP contribution in [0.1, 0.15) is 29.3 Å². The molecule has 8 nitrogen and oxygen atoms in total. The first-order valence-electron chi connectivity index (χ1n) is 10.4. The maximum Gasteiger partial charge on any atom is 0.242 e. The molecule has 0 unspecified atom stereocenters. The number of carbonyl (C=O) groups is 1. The van der Waals surface area contributed by atoms with E-state index in [4.69, 9.17) is 9.72 Å². The molecule has 0 aliphatic carbocycles. The van der Waals surface area contributed by atoms with Crippen LogP contribution in [0.15, 0.2) is 30.7 Å². The van der Waals surface area contributed by atoms with Gasteiger partial charge in [-0.2, -0.15) is 0 Å². The molecule has 0 spiro atoms. The molecule has 2 N–H and O–H groups in total. The molecule has 30 heavy (non-hydrogen) atoms. The zero-order chi connectivity index (χ0) is 20.5. The summed E-state index contributed by atoms with van der Waals surface area (Å²) in [4.78, 5) is 25.2. The molecule has 2 aliphatic heterocycles. The van der Waals surface area contributed by atoms with Gasteiger partial charge < -0.3 is 24.7 Å². The van der Waals surface area contributed by atoms with Gasteiger partial charge in [-0.1, -0.05) is 0 Å². The van der Waals surface area contributed by atoms with E-state index in [1.165, 1.54) is 0 Å². The van der Waals surface area contributed by atoms with E-state index in [1.807, 2.05) is 30.3 Å². The molecular formula is C21H26N6O2S. The van der Waals surface area contributed by atoms with Gasteiger partial charge in [0.05, 0.1) is 24.4 Å². The molecule has 1 amide bonds. The number of carbonyl (C=O) groups excluding carboxylic acids is 1. The van der Waals surface area contributed by atoms with Crippen LogP contribution < -0.4 is 10.6 Å². The molecule has 0 radical (unpaired) electrons. The number of nitrogens with one attached hydrogen (secondary N) is 2. The highest BCUT2D eigenvalue weighted by Gasteiger charge is 2.30. The number of likely N-dealkylation sites (tertiary alicyclic amines) is 1. The minimum Gasteiger partial charge on any atom is -0.378 e. The summed E-state index contributed by atoms with van der Waals surface area (Å²) in [6.45, 7) is 5.43. The molecular weight excluding hydrogens is 400 g/mol. The minimum absolute atomic E-state index is 0.156. The number of amides is 1. The zero-order valence-electron chi connectivity index (χ0n) is 17.0. The van der Waals surface area contributed by atoms with E-state index >= 15 is 0 Å². The fraction of sp³-hybridized carbons (Fsp3) is 0.476. The number of fused-ring (bicyclic) bond motifs is 1. The van der Waals surface area contributed by atoms with E-state index in [1.54, 1.807) is 11.3 Å². The van der Waals surface area contributed by atoms with E-state index in [9.17, 15) is 4.79 Å². The molecule has 5 rings (SSSR count). The number of hydrogen-bond acceptors (Lipinski definition) is 7. The first-order chi connectivity index (χ1) is 14.7. The third-order valence-corrected chi connectivity index (χ3v) is 6.65.